The van der Waals surface area contributed by atoms with Gasteiger partial charge < -0.3 is 5.32 Å². The van der Waals surface area contributed by atoms with E-state index in [-0.39, 0.29) is 0 Å². The molecule has 2 nitrogen and oxygen atoms in total. The van der Waals surface area contributed by atoms with Crippen LogP contribution in [0.5, 0.6) is 0 Å². The van der Waals surface area contributed by atoms with Gasteiger partial charge in [-0.3, -0.25) is 4.90 Å². The molecule has 0 amide bonds. The summed E-state index contributed by atoms with van der Waals surface area (Å²) in [6.07, 6.45) is 13.1. The summed E-state index contributed by atoms with van der Waals surface area (Å²) in [5.74, 6) is 1.99. The second kappa shape index (κ2) is 6.36. The number of piperazine rings is 1. The Morgan fingerprint density at radius 1 is 1.10 bits per heavy atom. The molecule has 3 fully saturated rings. The first-order valence-corrected chi connectivity index (χ1v) is 9.20. The van der Waals surface area contributed by atoms with Crippen molar-refractivity contribution in [2.24, 2.45) is 11.8 Å². The second-order valence-corrected chi connectivity index (χ2v) is 7.90. The highest BCUT2D eigenvalue weighted by Gasteiger charge is 2.45. The molecule has 0 bridgehead atoms. The predicted octanol–water partition coefficient (Wildman–Crippen LogP) is 3.81. The lowest BCUT2D eigenvalue weighted by Gasteiger charge is -2.47. The largest absolute Gasteiger partial charge is 0.308 e. The molecule has 2 unspecified atom stereocenters. The minimum Gasteiger partial charge on any atom is -0.308 e. The summed E-state index contributed by atoms with van der Waals surface area (Å²) in [6.45, 7) is 8.70. The Kier molecular flexibility index (Phi) is 4.72. The van der Waals surface area contributed by atoms with Crippen molar-refractivity contribution in [2.45, 2.75) is 83.2 Å². The summed E-state index contributed by atoms with van der Waals surface area (Å²) in [7, 11) is 0. The summed E-state index contributed by atoms with van der Waals surface area (Å²) in [5, 5.41) is 3.88. The fourth-order valence-corrected chi connectivity index (χ4v) is 4.57. The van der Waals surface area contributed by atoms with Crippen molar-refractivity contribution in [3.8, 4) is 0 Å². The van der Waals surface area contributed by atoms with E-state index in [9.17, 15) is 0 Å². The predicted molar refractivity (Wildman–Crippen MR) is 86.0 cm³/mol. The minimum absolute atomic E-state index is 0.415. The Bertz CT molecular complexity index is 307. The molecule has 1 N–H and O–H groups in total. The average Bonchev–Trinajstić information content (AvgIpc) is 3.31. The number of nitrogens with zero attached hydrogens (tertiary/aromatic N) is 1. The Morgan fingerprint density at radius 2 is 1.85 bits per heavy atom. The number of nitrogens with one attached hydrogen (secondary N) is 1. The van der Waals surface area contributed by atoms with Crippen LogP contribution in [0.3, 0.4) is 0 Å². The van der Waals surface area contributed by atoms with Crippen LogP contribution in [0.1, 0.15) is 71.6 Å². The zero-order valence-electron chi connectivity index (χ0n) is 13.7. The van der Waals surface area contributed by atoms with Gasteiger partial charge in [0.15, 0.2) is 0 Å². The number of rotatable bonds is 5. The summed E-state index contributed by atoms with van der Waals surface area (Å²) < 4.78 is 0. The zero-order valence-corrected chi connectivity index (χ0v) is 13.7. The molecule has 0 aromatic carbocycles. The van der Waals surface area contributed by atoms with E-state index in [1.54, 1.807) is 0 Å². The maximum atomic E-state index is 3.88. The Balaban J connectivity index is 1.53. The van der Waals surface area contributed by atoms with Gasteiger partial charge in [0, 0.05) is 24.7 Å². The highest BCUT2D eigenvalue weighted by atomic mass is 15.3. The van der Waals surface area contributed by atoms with E-state index in [2.05, 4.69) is 24.1 Å². The van der Waals surface area contributed by atoms with Crippen molar-refractivity contribution in [3.63, 3.8) is 0 Å². The number of hydrogen-bond acceptors (Lipinski definition) is 2. The molecule has 2 saturated carbocycles. The number of hydrogen-bond donors (Lipinski definition) is 1. The van der Waals surface area contributed by atoms with Crippen molar-refractivity contribution in [1.29, 1.82) is 0 Å². The molecule has 3 rings (SSSR count). The van der Waals surface area contributed by atoms with E-state index in [4.69, 9.17) is 0 Å². The standard InChI is InChI=1S/C18H34N2/c1-3-17-13-19-18(2,16-9-10-16)14-20(17)12-11-15-7-5-4-6-8-15/h15-17,19H,3-14H2,1-2H3. The second-order valence-electron chi connectivity index (χ2n) is 7.90. The molecule has 20 heavy (non-hydrogen) atoms. The third kappa shape index (κ3) is 3.39. The minimum atomic E-state index is 0.415. The average molecular weight is 278 g/mol. The van der Waals surface area contributed by atoms with Crippen molar-refractivity contribution in [3.05, 3.63) is 0 Å². The van der Waals surface area contributed by atoms with E-state index in [0.717, 1.165) is 17.9 Å². The highest BCUT2D eigenvalue weighted by molar-refractivity contribution is 5.03. The van der Waals surface area contributed by atoms with Crippen molar-refractivity contribution < 1.29 is 0 Å². The third-order valence-corrected chi connectivity index (χ3v) is 6.29. The van der Waals surface area contributed by atoms with E-state index in [1.807, 2.05) is 0 Å². The van der Waals surface area contributed by atoms with Crippen LogP contribution in [0.25, 0.3) is 0 Å². The zero-order chi connectivity index (χ0) is 14.0. The van der Waals surface area contributed by atoms with E-state index in [1.165, 1.54) is 77.4 Å². The third-order valence-electron chi connectivity index (χ3n) is 6.29. The monoisotopic (exact) mass is 278 g/mol. The van der Waals surface area contributed by atoms with E-state index >= 15 is 0 Å². The molecular formula is C18H34N2. The van der Waals surface area contributed by atoms with Crippen LogP contribution < -0.4 is 5.32 Å². The molecule has 1 saturated heterocycles. The fourth-order valence-electron chi connectivity index (χ4n) is 4.57. The van der Waals surface area contributed by atoms with Gasteiger partial charge in [-0.2, -0.15) is 0 Å². The first-order valence-electron chi connectivity index (χ1n) is 9.20. The first-order chi connectivity index (χ1) is 9.71. The van der Waals surface area contributed by atoms with Gasteiger partial charge >= 0.3 is 0 Å². The van der Waals surface area contributed by atoms with Crippen LogP contribution in [0, 0.1) is 11.8 Å². The van der Waals surface area contributed by atoms with Gasteiger partial charge in [-0.15, -0.1) is 0 Å². The van der Waals surface area contributed by atoms with Crippen LogP contribution in [0.2, 0.25) is 0 Å². The first kappa shape index (κ1) is 14.8. The molecule has 1 heterocycles. The van der Waals surface area contributed by atoms with Gasteiger partial charge in [0.2, 0.25) is 0 Å². The maximum absolute atomic E-state index is 3.88. The fraction of sp³-hybridized carbons (Fsp3) is 1.00. The summed E-state index contributed by atoms with van der Waals surface area (Å²) >= 11 is 0. The van der Waals surface area contributed by atoms with Gasteiger partial charge in [-0.05, 0) is 51.0 Å². The van der Waals surface area contributed by atoms with Gasteiger partial charge in [0.25, 0.3) is 0 Å². The Labute approximate surface area is 125 Å². The van der Waals surface area contributed by atoms with Gasteiger partial charge in [0.05, 0.1) is 0 Å². The van der Waals surface area contributed by atoms with E-state index < -0.39 is 0 Å². The Morgan fingerprint density at radius 3 is 2.50 bits per heavy atom. The van der Waals surface area contributed by atoms with Gasteiger partial charge in [-0.25, -0.2) is 0 Å². The van der Waals surface area contributed by atoms with Gasteiger partial charge in [-0.1, -0.05) is 39.0 Å². The van der Waals surface area contributed by atoms with Crippen LogP contribution in [-0.2, 0) is 0 Å². The molecule has 0 spiro atoms. The SMILES string of the molecule is CCC1CNC(C)(C2CC2)CN1CCC1CCCCC1. The summed E-state index contributed by atoms with van der Waals surface area (Å²) in [6, 6.07) is 0.783. The molecule has 2 aliphatic carbocycles. The Hall–Kier alpha value is -0.0800. The quantitative estimate of drug-likeness (QED) is 0.822. The molecule has 2 atom stereocenters. The highest BCUT2D eigenvalue weighted by Crippen LogP contribution is 2.41. The maximum Gasteiger partial charge on any atom is 0.0309 e. The summed E-state index contributed by atoms with van der Waals surface area (Å²) in [5.41, 5.74) is 0.415. The smallest absolute Gasteiger partial charge is 0.0309 e. The molecular weight excluding hydrogens is 244 g/mol. The van der Waals surface area contributed by atoms with Gasteiger partial charge in [0.1, 0.15) is 0 Å². The van der Waals surface area contributed by atoms with Crippen LogP contribution in [0.15, 0.2) is 0 Å². The molecule has 0 aromatic rings. The summed E-state index contributed by atoms with van der Waals surface area (Å²) in [4.78, 5) is 2.84. The lowest BCUT2D eigenvalue weighted by Crippen LogP contribution is -2.64. The lowest BCUT2D eigenvalue weighted by atomic mass is 9.86. The normalized spacial score (nSPS) is 37.2. The van der Waals surface area contributed by atoms with Crippen LogP contribution >= 0.6 is 0 Å². The lowest BCUT2D eigenvalue weighted by molar-refractivity contribution is 0.0660. The topological polar surface area (TPSA) is 15.3 Å². The molecule has 3 aliphatic rings. The molecule has 0 radical (unpaired) electrons. The van der Waals surface area contributed by atoms with Crippen molar-refractivity contribution in [1.82, 2.24) is 10.2 Å². The van der Waals surface area contributed by atoms with Crippen LogP contribution in [0.4, 0.5) is 0 Å². The molecule has 116 valence electrons. The molecule has 1 aliphatic heterocycles. The van der Waals surface area contributed by atoms with E-state index in [0.29, 0.717) is 5.54 Å². The molecule has 2 heteroatoms. The van der Waals surface area contributed by atoms with Crippen molar-refractivity contribution >= 4 is 0 Å². The van der Waals surface area contributed by atoms with Crippen LogP contribution in [-0.4, -0.2) is 36.1 Å². The van der Waals surface area contributed by atoms with Crippen molar-refractivity contribution in [2.75, 3.05) is 19.6 Å². The molecule has 0 aromatic heterocycles.